The van der Waals surface area contributed by atoms with E-state index in [9.17, 15) is 9.18 Å². The molecule has 3 rings (SSSR count). The molecule has 0 aliphatic carbocycles. The lowest BCUT2D eigenvalue weighted by Gasteiger charge is -2.09. The smallest absolute Gasteiger partial charge is 0.309 e. The summed E-state index contributed by atoms with van der Waals surface area (Å²) in [5.74, 6) is -0.788. The first-order valence-electron chi connectivity index (χ1n) is 7.35. The highest BCUT2D eigenvalue weighted by atomic mass is 35.5. The first-order chi connectivity index (χ1) is 12.0. The number of nitrogens with zero attached hydrogens (tertiary/aromatic N) is 1. The minimum absolute atomic E-state index is 0.0110. The van der Waals surface area contributed by atoms with E-state index in [0.29, 0.717) is 27.0 Å². The lowest BCUT2D eigenvalue weighted by atomic mass is 10.2. The van der Waals surface area contributed by atoms with Gasteiger partial charge in [-0.1, -0.05) is 29.8 Å². The molecule has 0 amide bonds. The third-order valence-electron chi connectivity index (χ3n) is 3.41. The Morgan fingerprint density at radius 3 is 2.84 bits per heavy atom. The number of carboxylic acids is 1. The topological polar surface area (TPSA) is 59.4 Å². The van der Waals surface area contributed by atoms with Crippen LogP contribution in [0.2, 0.25) is 5.02 Å². The molecule has 0 saturated heterocycles. The molecule has 1 heterocycles. The Bertz CT molecular complexity index is 893. The van der Waals surface area contributed by atoms with Crippen molar-refractivity contribution in [1.29, 1.82) is 0 Å². The van der Waals surface area contributed by atoms with Crippen molar-refractivity contribution in [3.8, 4) is 16.3 Å². The van der Waals surface area contributed by atoms with Crippen LogP contribution in [0.5, 0.6) is 5.75 Å². The van der Waals surface area contributed by atoms with Gasteiger partial charge < -0.3 is 9.84 Å². The molecule has 0 unspecified atom stereocenters. The highest BCUT2D eigenvalue weighted by Crippen LogP contribution is 2.28. The fourth-order valence-corrected chi connectivity index (χ4v) is 3.25. The molecule has 25 heavy (non-hydrogen) atoms. The molecule has 3 aromatic rings. The molecule has 0 aliphatic rings. The van der Waals surface area contributed by atoms with Crippen molar-refractivity contribution in [2.45, 2.75) is 13.0 Å². The van der Waals surface area contributed by atoms with Crippen molar-refractivity contribution in [1.82, 2.24) is 4.98 Å². The third-order valence-corrected chi connectivity index (χ3v) is 4.70. The predicted molar refractivity (Wildman–Crippen MR) is 94.6 cm³/mol. The van der Waals surface area contributed by atoms with E-state index in [2.05, 4.69) is 4.98 Å². The van der Waals surface area contributed by atoms with Crippen LogP contribution >= 0.6 is 22.9 Å². The van der Waals surface area contributed by atoms with E-state index in [0.717, 1.165) is 5.56 Å². The lowest BCUT2D eigenvalue weighted by molar-refractivity contribution is -0.136. The second kappa shape index (κ2) is 7.63. The second-order valence-corrected chi connectivity index (χ2v) is 6.50. The number of benzene rings is 2. The summed E-state index contributed by atoms with van der Waals surface area (Å²) < 4.78 is 19.4. The summed E-state index contributed by atoms with van der Waals surface area (Å²) in [5.41, 5.74) is 1.61. The zero-order valence-corrected chi connectivity index (χ0v) is 14.5. The molecule has 0 aliphatic heterocycles. The highest BCUT2D eigenvalue weighted by Gasteiger charge is 2.10. The zero-order chi connectivity index (χ0) is 17.8. The summed E-state index contributed by atoms with van der Waals surface area (Å²) in [6.45, 7) is 0.0110. The van der Waals surface area contributed by atoms with Crippen LogP contribution in [0.3, 0.4) is 0 Å². The van der Waals surface area contributed by atoms with Gasteiger partial charge in [0.25, 0.3) is 0 Å². The van der Waals surface area contributed by atoms with Crippen molar-refractivity contribution in [2.24, 2.45) is 0 Å². The second-order valence-electron chi connectivity index (χ2n) is 5.23. The van der Waals surface area contributed by atoms with Crippen LogP contribution in [0.4, 0.5) is 4.39 Å². The molecule has 0 saturated carbocycles. The molecule has 7 heteroatoms. The van der Waals surface area contributed by atoms with E-state index in [1.54, 1.807) is 35.7 Å². The van der Waals surface area contributed by atoms with Gasteiger partial charge in [-0.05, 0) is 24.3 Å². The van der Waals surface area contributed by atoms with Gasteiger partial charge in [0.2, 0.25) is 0 Å². The number of hydrogen-bond acceptors (Lipinski definition) is 4. The van der Waals surface area contributed by atoms with Crippen LogP contribution in [0, 0.1) is 5.82 Å². The number of rotatable bonds is 6. The number of carbonyl (C=O) groups is 1. The number of ether oxygens (including phenoxy) is 1. The van der Waals surface area contributed by atoms with Gasteiger partial charge >= 0.3 is 5.97 Å². The first-order valence-corrected chi connectivity index (χ1v) is 8.61. The molecule has 0 atom stereocenters. The summed E-state index contributed by atoms with van der Waals surface area (Å²) in [5, 5.41) is 11.5. The average Bonchev–Trinajstić information content (AvgIpc) is 3.02. The number of hydrogen-bond donors (Lipinski definition) is 1. The Hall–Kier alpha value is -2.44. The summed E-state index contributed by atoms with van der Waals surface area (Å²) >= 11 is 7.35. The Balaban J connectivity index is 1.75. The Morgan fingerprint density at radius 1 is 1.28 bits per heavy atom. The van der Waals surface area contributed by atoms with E-state index >= 15 is 0 Å². The molecular formula is C18H13ClFNO3S. The van der Waals surface area contributed by atoms with Crippen molar-refractivity contribution in [3.05, 3.63) is 69.9 Å². The van der Waals surface area contributed by atoms with E-state index < -0.39 is 11.8 Å². The minimum atomic E-state index is -0.921. The van der Waals surface area contributed by atoms with E-state index in [1.807, 2.05) is 6.07 Å². The normalized spacial score (nSPS) is 10.6. The largest absolute Gasteiger partial charge is 0.489 e. The number of thiazole rings is 1. The maximum Gasteiger partial charge on any atom is 0.309 e. The van der Waals surface area contributed by atoms with Gasteiger partial charge in [-0.3, -0.25) is 4.79 Å². The summed E-state index contributed by atoms with van der Waals surface area (Å²) in [4.78, 5) is 15.1. The van der Waals surface area contributed by atoms with Crippen LogP contribution in [0.15, 0.2) is 47.8 Å². The van der Waals surface area contributed by atoms with Crippen LogP contribution in [0.25, 0.3) is 10.6 Å². The van der Waals surface area contributed by atoms with Crippen molar-refractivity contribution in [3.63, 3.8) is 0 Å². The maximum absolute atomic E-state index is 13.8. The molecule has 1 N–H and O–H groups in total. The van der Waals surface area contributed by atoms with Crippen LogP contribution in [0.1, 0.15) is 11.3 Å². The van der Waals surface area contributed by atoms with E-state index in [1.165, 1.54) is 17.4 Å². The van der Waals surface area contributed by atoms with Crippen molar-refractivity contribution < 1.29 is 19.0 Å². The summed E-state index contributed by atoms with van der Waals surface area (Å²) in [6, 6.07) is 11.7. The van der Waals surface area contributed by atoms with Gasteiger partial charge in [-0.2, -0.15) is 0 Å². The molecule has 0 bridgehead atoms. The molecule has 4 nitrogen and oxygen atoms in total. The van der Waals surface area contributed by atoms with Crippen LogP contribution in [-0.2, 0) is 17.8 Å². The number of carboxylic acid groups (broad SMARTS) is 1. The molecule has 0 fully saturated rings. The van der Waals surface area contributed by atoms with Crippen LogP contribution < -0.4 is 4.74 Å². The standard InChI is InChI=1S/C18H13ClFNO3S/c19-15-5-2-6-16(20)14(15)9-24-13-4-1-3-11(7-13)18-21-12(10-25-18)8-17(22)23/h1-7,10H,8-9H2,(H,22,23). The molecule has 128 valence electrons. The van der Waals surface area contributed by atoms with E-state index in [4.69, 9.17) is 21.4 Å². The van der Waals surface area contributed by atoms with Gasteiger partial charge in [-0.25, -0.2) is 9.37 Å². The van der Waals surface area contributed by atoms with Crippen molar-refractivity contribution in [2.75, 3.05) is 0 Å². The highest BCUT2D eigenvalue weighted by molar-refractivity contribution is 7.13. The molecular weight excluding hydrogens is 365 g/mol. The van der Waals surface area contributed by atoms with Gasteiger partial charge in [-0.15, -0.1) is 11.3 Å². The molecule has 1 aromatic heterocycles. The number of aromatic nitrogens is 1. The fraction of sp³-hybridized carbons (Fsp3) is 0.111. The summed E-state index contributed by atoms with van der Waals surface area (Å²) in [7, 11) is 0. The van der Waals surface area contributed by atoms with E-state index in [-0.39, 0.29) is 13.0 Å². The monoisotopic (exact) mass is 377 g/mol. The first kappa shape index (κ1) is 17.4. The van der Waals surface area contributed by atoms with Gasteiger partial charge in [0.05, 0.1) is 17.1 Å². The minimum Gasteiger partial charge on any atom is -0.489 e. The van der Waals surface area contributed by atoms with Crippen LogP contribution in [-0.4, -0.2) is 16.1 Å². The SMILES string of the molecule is O=C(O)Cc1csc(-c2cccc(OCc3c(F)cccc3Cl)c2)n1. The van der Waals surface area contributed by atoms with Gasteiger partial charge in [0.1, 0.15) is 23.2 Å². The maximum atomic E-state index is 13.8. The Kier molecular flexibility index (Phi) is 5.31. The number of halogens is 2. The van der Waals surface area contributed by atoms with Gasteiger partial charge in [0.15, 0.2) is 0 Å². The zero-order valence-electron chi connectivity index (χ0n) is 12.9. The average molecular weight is 378 g/mol. The fourth-order valence-electron chi connectivity index (χ4n) is 2.22. The molecule has 2 aromatic carbocycles. The lowest BCUT2D eigenvalue weighted by Crippen LogP contribution is -2.00. The quantitative estimate of drug-likeness (QED) is 0.669. The Labute approximate surface area is 152 Å². The summed E-state index contributed by atoms with van der Waals surface area (Å²) in [6.07, 6.45) is -0.113. The third kappa shape index (κ3) is 4.35. The van der Waals surface area contributed by atoms with Crippen molar-refractivity contribution >= 4 is 28.9 Å². The number of aliphatic carboxylic acids is 1. The predicted octanol–water partition coefficient (Wildman–Crippen LogP) is 4.81. The molecule has 0 spiro atoms. The molecule has 0 radical (unpaired) electrons. The van der Waals surface area contributed by atoms with Gasteiger partial charge in [0, 0.05) is 16.5 Å². The Morgan fingerprint density at radius 2 is 2.08 bits per heavy atom.